The summed E-state index contributed by atoms with van der Waals surface area (Å²) >= 11 is 1.09. The number of thiophene rings is 1. The molecule has 0 spiro atoms. The second kappa shape index (κ2) is 8.39. The fourth-order valence-corrected chi connectivity index (χ4v) is 4.63. The smallest absolute Gasteiger partial charge is 0.335 e. The van der Waals surface area contributed by atoms with Crippen molar-refractivity contribution in [1.82, 2.24) is 19.6 Å². The number of hydrogen-bond donors (Lipinski definition) is 2. The zero-order chi connectivity index (χ0) is 21.1. The van der Waals surface area contributed by atoms with Crippen molar-refractivity contribution in [3.05, 3.63) is 21.9 Å². The van der Waals surface area contributed by atoms with Crippen molar-refractivity contribution in [1.29, 1.82) is 0 Å². The van der Waals surface area contributed by atoms with Gasteiger partial charge in [0.25, 0.3) is 15.9 Å². The summed E-state index contributed by atoms with van der Waals surface area (Å²) in [6.07, 6.45) is 0. The van der Waals surface area contributed by atoms with Crippen molar-refractivity contribution in [3.8, 4) is 11.8 Å². The third kappa shape index (κ3) is 4.67. The van der Waals surface area contributed by atoms with Gasteiger partial charge in [-0.3, -0.25) is 10.1 Å². The van der Waals surface area contributed by atoms with Gasteiger partial charge in [0.2, 0.25) is 17.7 Å². The number of aryl methyl sites for hydroxylation is 1. The van der Waals surface area contributed by atoms with Gasteiger partial charge < -0.3 is 14.4 Å². The van der Waals surface area contributed by atoms with Crippen LogP contribution in [-0.2, 0) is 10.0 Å². The van der Waals surface area contributed by atoms with Crippen molar-refractivity contribution in [2.45, 2.75) is 11.8 Å². The number of aromatic nitrogens is 2. The first-order valence-electron chi connectivity index (χ1n) is 7.69. The number of carbonyl (C=O) groups is 2. The van der Waals surface area contributed by atoms with Gasteiger partial charge in [0.15, 0.2) is 0 Å². The zero-order valence-electron chi connectivity index (χ0n) is 15.8. The van der Waals surface area contributed by atoms with E-state index in [-0.39, 0.29) is 28.2 Å². The molecule has 2 aromatic rings. The number of anilines is 1. The molecule has 3 amide bonds. The Balaban J connectivity index is 2.27. The molecule has 2 rings (SSSR count). The molecule has 2 heterocycles. The maximum atomic E-state index is 12.7. The average molecular weight is 429 g/mol. The highest BCUT2D eigenvalue weighted by Gasteiger charge is 2.29. The summed E-state index contributed by atoms with van der Waals surface area (Å²) in [5, 5.41) is 3.63. The number of rotatable bonds is 6. The maximum absolute atomic E-state index is 12.7. The van der Waals surface area contributed by atoms with Gasteiger partial charge in [-0.1, -0.05) is 0 Å². The molecule has 0 atom stereocenters. The molecule has 13 heteroatoms. The number of sulfonamides is 1. The summed E-state index contributed by atoms with van der Waals surface area (Å²) < 4.78 is 37.1. The molecule has 11 nitrogen and oxygen atoms in total. The van der Waals surface area contributed by atoms with Gasteiger partial charge in [0, 0.05) is 24.4 Å². The first-order chi connectivity index (χ1) is 13.1. The van der Waals surface area contributed by atoms with Crippen LogP contribution in [0, 0.1) is 6.92 Å². The Hall–Kier alpha value is -2.93. The fourth-order valence-electron chi connectivity index (χ4n) is 2.14. The second-order valence-electron chi connectivity index (χ2n) is 5.57. The molecule has 0 aliphatic carbocycles. The van der Waals surface area contributed by atoms with E-state index in [4.69, 9.17) is 9.47 Å². The lowest BCUT2D eigenvalue weighted by Crippen LogP contribution is -2.36. The van der Waals surface area contributed by atoms with Crippen molar-refractivity contribution < 1.29 is 27.5 Å². The van der Waals surface area contributed by atoms with E-state index in [0.29, 0.717) is 4.88 Å². The van der Waals surface area contributed by atoms with Crippen LogP contribution in [0.3, 0.4) is 0 Å². The van der Waals surface area contributed by atoms with Gasteiger partial charge >= 0.3 is 6.03 Å². The van der Waals surface area contributed by atoms with Crippen LogP contribution in [0.1, 0.15) is 15.2 Å². The average Bonchev–Trinajstić information content (AvgIpc) is 3.02. The first-order valence-corrected chi connectivity index (χ1v) is 10.1. The van der Waals surface area contributed by atoms with Crippen molar-refractivity contribution in [3.63, 3.8) is 0 Å². The van der Waals surface area contributed by atoms with E-state index in [1.165, 1.54) is 44.7 Å². The molecule has 0 aliphatic rings. The van der Waals surface area contributed by atoms with Crippen LogP contribution >= 0.6 is 11.3 Å². The largest absolute Gasteiger partial charge is 0.481 e. The van der Waals surface area contributed by atoms with Gasteiger partial charge in [-0.15, -0.1) is 11.3 Å². The molecular weight excluding hydrogens is 410 g/mol. The molecule has 0 aromatic carbocycles. The third-order valence-electron chi connectivity index (χ3n) is 3.37. The van der Waals surface area contributed by atoms with Crippen LogP contribution in [-0.4, -0.2) is 63.5 Å². The van der Waals surface area contributed by atoms with Crippen LogP contribution in [0.25, 0.3) is 0 Å². The molecule has 2 aromatic heterocycles. The van der Waals surface area contributed by atoms with E-state index < -0.39 is 22.0 Å². The second-order valence-corrected chi connectivity index (χ2v) is 8.27. The predicted octanol–water partition coefficient (Wildman–Crippen LogP) is 1.08. The van der Waals surface area contributed by atoms with Crippen molar-refractivity contribution in [2.75, 3.05) is 33.6 Å². The highest BCUT2D eigenvalue weighted by Crippen LogP contribution is 2.27. The van der Waals surface area contributed by atoms with Crippen molar-refractivity contribution in [2.24, 2.45) is 0 Å². The minimum absolute atomic E-state index is 0.0212. The number of nitrogens with one attached hydrogen (secondary N) is 2. The van der Waals surface area contributed by atoms with Gasteiger partial charge in [-0.25, -0.2) is 17.9 Å². The third-order valence-corrected chi connectivity index (χ3v) is 5.93. The van der Waals surface area contributed by atoms with Gasteiger partial charge in [0.05, 0.1) is 25.8 Å². The Morgan fingerprint density at radius 3 is 2.21 bits per heavy atom. The molecule has 0 bridgehead atoms. The number of nitrogens with zero attached hydrogens (tertiary/aromatic N) is 3. The maximum Gasteiger partial charge on any atom is 0.335 e. The van der Waals surface area contributed by atoms with Crippen LogP contribution in [0.15, 0.2) is 16.3 Å². The SMILES string of the molecule is COc1cc(OC)nc(NC(=O)NS(=O)(=O)c2c(C(=O)N(C)C)csc2C)n1. The summed E-state index contributed by atoms with van der Waals surface area (Å²) in [5.74, 6) is -0.503. The highest BCUT2D eigenvalue weighted by atomic mass is 32.2. The molecule has 0 fully saturated rings. The summed E-state index contributed by atoms with van der Waals surface area (Å²) in [6, 6.07) is 0.275. The van der Waals surface area contributed by atoms with E-state index in [9.17, 15) is 18.0 Å². The lowest BCUT2D eigenvalue weighted by Gasteiger charge is -2.13. The summed E-state index contributed by atoms with van der Waals surface area (Å²) in [5.41, 5.74) is -0.0212. The van der Waals surface area contributed by atoms with E-state index in [0.717, 1.165) is 11.3 Å². The van der Waals surface area contributed by atoms with Gasteiger partial charge in [-0.2, -0.15) is 9.97 Å². The summed E-state index contributed by atoms with van der Waals surface area (Å²) in [6.45, 7) is 1.54. The Labute approximate surface area is 165 Å². The Morgan fingerprint density at radius 2 is 1.71 bits per heavy atom. The van der Waals surface area contributed by atoms with E-state index in [2.05, 4.69) is 15.3 Å². The number of ether oxygens (including phenoxy) is 2. The van der Waals surface area contributed by atoms with Crippen LogP contribution in [0.4, 0.5) is 10.7 Å². The quantitative estimate of drug-likeness (QED) is 0.695. The predicted molar refractivity (Wildman–Crippen MR) is 102 cm³/mol. The first kappa shape index (κ1) is 21.4. The van der Waals surface area contributed by atoms with Crippen LogP contribution in [0.5, 0.6) is 11.8 Å². The highest BCUT2D eigenvalue weighted by molar-refractivity contribution is 7.90. The molecule has 152 valence electrons. The summed E-state index contributed by atoms with van der Waals surface area (Å²) in [7, 11) is 1.39. The monoisotopic (exact) mass is 429 g/mol. The molecule has 28 heavy (non-hydrogen) atoms. The lowest BCUT2D eigenvalue weighted by atomic mass is 10.3. The Morgan fingerprint density at radius 1 is 1.14 bits per heavy atom. The lowest BCUT2D eigenvalue weighted by molar-refractivity contribution is 0.0824. The molecule has 0 unspecified atom stereocenters. The Kier molecular flexibility index (Phi) is 6.41. The van der Waals surface area contributed by atoms with Crippen LogP contribution < -0.4 is 19.5 Å². The molecule has 2 N–H and O–H groups in total. The fraction of sp³-hybridized carbons (Fsp3) is 0.333. The summed E-state index contributed by atoms with van der Waals surface area (Å²) in [4.78, 5) is 33.5. The topological polar surface area (TPSA) is 140 Å². The van der Waals surface area contributed by atoms with Gasteiger partial charge in [0.1, 0.15) is 4.90 Å². The van der Waals surface area contributed by atoms with E-state index in [1.54, 1.807) is 6.92 Å². The molecule has 0 saturated carbocycles. The van der Waals surface area contributed by atoms with E-state index >= 15 is 0 Å². The zero-order valence-corrected chi connectivity index (χ0v) is 17.4. The number of carbonyl (C=O) groups excluding carboxylic acids is 2. The standard InChI is InChI=1S/C15H19N5O6S2/c1-8-12(9(7-27-8)13(21)20(2)3)28(23,24)19-15(22)18-14-16-10(25-4)6-11(17-14)26-5/h6-7H,1-5H3,(H2,16,17,18,19,22). The molecular formula is C15H19N5O6S2. The van der Waals surface area contributed by atoms with Crippen molar-refractivity contribution >= 4 is 39.2 Å². The van der Waals surface area contributed by atoms with Crippen LogP contribution in [0.2, 0.25) is 0 Å². The van der Waals surface area contributed by atoms with E-state index in [1.807, 2.05) is 4.72 Å². The Bertz CT molecular complexity index is 980. The normalized spacial score (nSPS) is 10.9. The molecule has 0 saturated heterocycles. The van der Waals surface area contributed by atoms with Gasteiger partial charge in [-0.05, 0) is 6.92 Å². The number of amides is 3. The molecule has 0 aliphatic heterocycles. The molecule has 0 radical (unpaired) electrons. The minimum atomic E-state index is -4.32. The minimum Gasteiger partial charge on any atom is -0.481 e. The number of methoxy groups -OCH3 is 2. The number of urea groups is 1. The number of hydrogen-bond acceptors (Lipinski definition) is 9.